The molecule has 0 radical (unpaired) electrons. The number of halogens is 1. The van der Waals surface area contributed by atoms with Gasteiger partial charge >= 0.3 is 5.97 Å². The molecule has 8 nitrogen and oxygen atoms in total. The van der Waals surface area contributed by atoms with Gasteiger partial charge in [0.05, 0.1) is 17.4 Å². The molecular weight excluding hydrogens is 544 g/mol. The highest BCUT2D eigenvalue weighted by molar-refractivity contribution is 6.30. The number of nitrogens with zero attached hydrogens (tertiary/aromatic N) is 2. The molecule has 3 aromatic carbocycles. The largest absolute Gasteiger partial charge is 0.423 e. The highest BCUT2D eigenvalue weighted by Crippen LogP contribution is 2.41. The molecule has 2 aliphatic rings. The van der Waals surface area contributed by atoms with E-state index in [4.69, 9.17) is 16.3 Å². The van der Waals surface area contributed by atoms with Crippen molar-refractivity contribution in [3.8, 4) is 5.75 Å². The Kier molecular flexibility index (Phi) is 8.03. The number of hydrogen-bond acceptors (Lipinski definition) is 6. The zero-order chi connectivity index (χ0) is 29.3. The Morgan fingerprint density at radius 3 is 2.07 bits per heavy atom. The first-order chi connectivity index (χ1) is 19.6. The SMILES string of the molecule is Cc1ccc(C(=O)Oc2ccc(C(=O)CN(C(=O)c3ccc(Cl)cc3)N3C(=O)[C@H]4C[C@@H](C)CC[C@H]4C3=O)cc2)cc1. The van der Waals surface area contributed by atoms with Crippen molar-refractivity contribution in [2.45, 2.75) is 33.1 Å². The molecule has 2 fully saturated rings. The number of imide groups is 1. The molecule has 3 aromatic rings. The summed E-state index contributed by atoms with van der Waals surface area (Å²) in [4.78, 5) is 66.3. The molecule has 1 aliphatic heterocycles. The van der Waals surface area contributed by atoms with Crippen molar-refractivity contribution < 1.29 is 28.7 Å². The van der Waals surface area contributed by atoms with E-state index >= 15 is 0 Å². The lowest BCUT2D eigenvalue weighted by atomic mass is 9.76. The van der Waals surface area contributed by atoms with Crippen LogP contribution in [0.3, 0.4) is 0 Å². The Morgan fingerprint density at radius 2 is 1.41 bits per heavy atom. The fraction of sp³-hybridized carbons (Fsp3) is 0.281. The van der Waals surface area contributed by atoms with Crippen molar-refractivity contribution >= 4 is 41.1 Å². The summed E-state index contributed by atoms with van der Waals surface area (Å²) in [6.45, 7) is 3.42. The number of esters is 1. The predicted octanol–water partition coefficient (Wildman–Crippen LogP) is 5.53. The van der Waals surface area contributed by atoms with Gasteiger partial charge in [-0.1, -0.05) is 36.2 Å². The first kappa shape index (κ1) is 28.2. The van der Waals surface area contributed by atoms with Crippen LogP contribution in [0.15, 0.2) is 72.8 Å². The Morgan fingerprint density at radius 1 is 0.829 bits per heavy atom. The molecule has 0 aromatic heterocycles. The first-order valence-corrected chi connectivity index (χ1v) is 13.9. The van der Waals surface area contributed by atoms with E-state index in [1.54, 1.807) is 24.3 Å². The van der Waals surface area contributed by atoms with Gasteiger partial charge in [0.15, 0.2) is 5.78 Å². The number of benzene rings is 3. The summed E-state index contributed by atoms with van der Waals surface area (Å²) in [6.07, 6.45) is 1.94. The predicted molar refractivity (Wildman–Crippen MR) is 151 cm³/mol. The summed E-state index contributed by atoms with van der Waals surface area (Å²) in [7, 11) is 0. The summed E-state index contributed by atoms with van der Waals surface area (Å²) in [6, 6.07) is 18.9. The van der Waals surface area contributed by atoms with Gasteiger partial charge in [0.1, 0.15) is 12.3 Å². The van der Waals surface area contributed by atoms with Crippen LogP contribution in [0.1, 0.15) is 62.8 Å². The molecule has 0 spiro atoms. The smallest absolute Gasteiger partial charge is 0.343 e. The number of hydrazine groups is 1. The van der Waals surface area contributed by atoms with E-state index in [0.717, 1.165) is 22.0 Å². The Hall–Kier alpha value is -4.30. The monoisotopic (exact) mass is 572 g/mol. The van der Waals surface area contributed by atoms with E-state index in [1.165, 1.54) is 48.5 Å². The number of fused-ring (bicyclic) bond motifs is 1. The molecule has 1 heterocycles. The third-order valence-electron chi connectivity index (χ3n) is 7.70. The molecule has 9 heteroatoms. The summed E-state index contributed by atoms with van der Waals surface area (Å²) in [5.74, 6) is -3.09. The minimum absolute atomic E-state index is 0.185. The number of amides is 3. The summed E-state index contributed by atoms with van der Waals surface area (Å²) in [5, 5.41) is 2.24. The van der Waals surface area contributed by atoms with Crippen LogP contribution in [0, 0.1) is 24.7 Å². The maximum absolute atomic E-state index is 13.6. The summed E-state index contributed by atoms with van der Waals surface area (Å²) >= 11 is 5.99. The Bertz CT molecular complexity index is 1500. The summed E-state index contributed by atoms with van der Waals surface area (Å²) in [5.41, 5.74) is 1.81. The highest BCUT2D eigenvalue weighted by Gasteiger charge is 2.52. The van der Waals surface area contributed by atoms with E-state index in [2.05, 4.69) is 0 Å². The lowest BCUT2D eigenvalue weighted by Crippen LogP contribution is -2.52. The second-order valence-corrected chi connectivity index (χ2v) is 11.1. The van der Waals surface area contributed by atoms with Gasteiger partial charge in [0, 0.05) is 16.1 Å². The molecule has 0 N–H and O–H groups in total. The van der Waals surface area contributed by atoms with E-state index in [0.29, 0.717) is 23.4 Å². The lowest BCUT2D eigenvalue weighted by molar-refractivity contribution is -0.154. The van der Waals surface area contributed by atoms with Crippen LogP contribution >= 0.6 is 11.6 Å². The van der Waals surface area contributed by atoms with Crippen molar-refractivity contribution in [1.29, 1.82) is 0 Å². The average Bonchev–Trinajstić information content (AvgIpc) is 3.20. The van der Waals surface area contributed by atoms with Gasteiger partial charge in [-0.25, -0.2) is 9.80 Å². The average molecular weight is 573 g/mol. The van der Waals surface area contributed by atoms with Gasteiger partial charge in [-0.05, 0) is 92.8 Å². The fourth-order valence-electron chi connectivity index (χ4n) is 5.38. The molecule has 3 amide bonds. The maximum Gasteiger partial charge on any atom is 0.343 e. The van der Waals surface area contributed by atoms with Gasteiger partial charge in [0.25, 0.3) is 17.7 Å². The topological polar surface area (TPSA) is 101 Å². The van der Waals surface area contributed by atoms with Crippen molar-refractivity contribution in [2.24, 2.45) is 17.8 Å². The molecule has 1 saturated heterocycles. The zero-order valence-corrected chi connectivity index (χ0v) is 23.5. The van der Waals surface area contributed by atoms with E-state index in [-0.39, 0.29) is 22.8 Å². The standard InChI is InChI=1S/C32H29ClN2O6/c1-19-3-6-23(7-4-19)32(40)41-25-14-10-21(11-15-25)28(36)18-34(29(37)22-8-12-24(33)13-9-22)35-30(38)26-16-5-20(2)17-27(26)31(35)39/h3-4,6-15,20,26-27H,5,16-18H2,1-2H3/t20-,26+,27-/m0/s1. The first-order valence-electron chi connectivity index (χ1n) is 13.5. The molecular formula is C32H29ClN2O6. The van der Waals surface area contributed by atoms with Gasteiger partial charge in [-0.3, -0.25) is 19.2 Å². The van der Waals surface area contributed by atoms with Crippen molar-refractivity contribution in [3.63, 3.8) is 0 Å². The number of Topliss-reactive ketones (excluding diaryl/α,β-unsaturated/α-hetero) is 1. The van der Waals surface area contributed by atoms with E-state index in [9.17, 15) is 24.0 Å². The van der Waals surface area contributed by atoms with Gasteiger partial charge in [-0.15, -0.1) is 0 Å². The minimum Gasteiger partial charge on any atom is -0.423 e. The fourth-order valence-corrected chi connectivity index (χ4v) is 5.50. The quantitative estimate of drug-likeness (QED) is 0.160. The molecule has 0 unspecified atom stereocenters. The number of ether oxygens (including phenoxy) is 1. The maximum atomic E-state index is 13.6. The van der Waals surface area contributed by atoms with Gasteiger partial charge < -0.3 is 4.74 Å². The van der Waals surface area contributed by atoms with Crippen LogP contribution in [-0.2, 0) is 9.59 Å². The van der Waals surface area contributed by atoms with Crippen molar-refractivity contribution in [2.75, 3.05) is 6.54 Å². The van der Waals surface area contributed by atoms with E-state index < -0.39 is 47.9 Å². The van der Waals surface area contributed by atoms with Gasteiger partial charge in [-0.2, -0.15) is 5.01 Å². The lowest BCUT2D eigenvalue weighted by Gasteiger charge is -2.30. The molecule has 0 bridgehead atoms. The number of ketones is 1. The second-order valence-electron chi connectivity index (χ2n) is 10.7. The Labute approximate surface area is 242 Å². The molecule has 3 atom stereocenters. The van der Waals surface area contributed by atoms with Crippen molar-refractivity contribution in [1.82, 2.24) is 10.0 Å². The van der Waals surface area contributed by atoms with Crippen LogP contribution < -0.4 is 4.74 Å². The minimum atomic E-state index is -0.660. The third kappa shape index (κ3) is 5.93. The molecule has 1 saturated carbocycles. The highest BCUT2D eigenvalue weighted by atomic mass is 35.5. The van der Waals surface area contributed by atoms with Crippen LogP contribution in [0.25, 0.3) is 0 Å². The molecule has 5 rings (SSSR count). The third-order valence-corrected chi connectivity index (χ3v) is 7.95. The number of carbonyl (C=O) groups is 5. The zero-order valence-electron chi connectivity index (χ0n) is 22.7. The number of rotatable bonds is 7. The van der Waals surface area contributed by atoms with Crippen molar-refractivity contribution in [3.05, 3.63) is 100 Å². The van der Waals surface area contributed by atoms with Crippen LogP contribution in [0.5, 0.6) is 5.75 Å². The molecule has 41 heavy (non-hydrogen) atoms. The second kappa shape index (κ2) is 11.7. The number of aryl methyl sites for hydroxylation is 1. The summed E-state index contributed by atoms with van der Waals surface area (Å²) < 4.78 is 5.41. The van der Waals surface area contributed by atoms with E-state index in [1.807, 2.05) is 13.8 Å². The van der Waals surface area contributed by atoms with Crippen LogP contribution in [0.4, 0.5) is 0 Å². The Balaban J connectivity index is 1.37. The van der Waals surface area contributed by atoms with Crippen LogP contribution in [-0.4, -0.2) is 46.0 Å². The normalized spacial score (nSPS) is 20.0. The number of hydrogen-bond donors (Lipinski definition) is 0. The van der Waals surface area contributed by atoms with Crippen LogP contribution in [0.2, 0.25) is 5.02 Å². The molecule has 1 aliphatic carbocycles. The molecule has 210 valence electrons. The van der Waals surface area contributed by atoms with Gasteiger partial charge in [0.2, 0.25) is 0 Å². The number of carbonyl (C=O) groups excluding carboxylic acids is 5.